The second-order valence-electron chi connectivity index (χ2n) is 22.4. The maximum atomic E-state index is 13.6. The Morgan fingerprint density at radius 2 is 1.00 bits per heavy atom. The Bertz CT molecular complexity index is 2590. The molecule has 0 aliphatic carbocycles. The number of unbranched alkanes of at least 4 members (excludes halogenated alkanes) is 2. The van der Waals surface area contributed by atoms with Crippen LogP contribution in [0.5, 0.6) is 0 Å². The summed E-state index contributed by atoms with van der Waals surface area (Å²) in [5.41, 5.74) is 27.4. The summed E-state index contributed by atoms with van der Waals surface area (Å²) in [4.78, 5) is 177. The first-order chi connectivity index (χ1) is 43.6. The van der Waals surface area contributed by atoms with Crippen molar-refractivity contribution >= 4 is 82.8 Å². The van der Waals surface area contributed by atoms with Crippen molar-refractivity contribution in [2.75, 3.05) is 26.3 Å². The second-order valence-corrected chi connectivity index (χ2v) is 22.4. The number of hydrogen-bond donors (Lipinski definition) is 21. The highest BCUT2D eigenvalue weighted by atomic mass is 16.7. The Labute approximate surface area is 534 Å². The van der Waals surface area contributed by atoms with Gasteiger partial charge in [0, 0.05) is 33.2 Å². The number of hydrogen-bond acceptors (Lipinski definition) is 25. The summed E-state index contributed by atoms with van der Waals surface area (Å²) in [5, 5.41) is 86.0. The molecule has 0 bridgehead atoms. The highest BCUT2D eigenvalue weighted by Gasteiger charge is 2.53. The average molecular weight is 1340 g/mol. The maximum absolute atomic E-state index is 13.6. The molecule has 528 valence electrons. The predicted octanol–water partition coefficient (Wildman–Crippen LogP) is -11.0. The van der Waals surface area contributed by atoms with Crippen LogP contribution in [0.3, 0.4) is 0 Å². The van der Waals surface area contributed by atoms with Crippen LogP contribution in [0.2, 0.25) is 0 Å². The van der Waals surface area contributed by atoms with Crippen LogP contribution >= 0.6 is 0 Å². The molecule has 19 atom stereocenters. The minimum atomic E-state index is -1.92. The Kier molecular flexibility index (Phi) is 35.2. The lowest BCUT2D eigenvalue weighted by Crippen LogP contribution is -2.70. The summed E-state index contributed by atoms with van der Waals surface area (Å²) in [6, 6.07) is -13.9. The van der Waals surface area contributed by atoms with Gasteiger partial charge in [0.05, 0.1) is 25.7 Å². The number of amides is 13. The number of nitrogens with one attached hydrogen (secondary N) is 10. The molecule has 0 aromatic heterocycles. The Hall–Kier alpha value is -7.86. The molecule has 2 heterocycles. The van der Waals surface area contributed by atoms with Crippen molar-refractivity contribution in [3.05, 3.63) is 0 Å². The van der Waals surface area contributed by atoms with Gasteiger partial charge in [0.2, 0.25) is 76.8 Å². The molecule has 2 saturated heterocycles. The lowest BCUT2D eigenvalue weighted by molar-refractivity contribution is -0.333. The van der Waals surface area contributed by atoms with E-state index in [1.54, 1.807) is 0 Å². The third kappa shape index (κ3) is 27.7. The van der Waals surface area contributed by atoms with Crippen molar-refractivity contribution in [3.63, 3.8) is 0 Å². The number of carboxylic acids is 1. The summed E-state index contributed by atoms with van der Waals surface area (Å²) in [6.45, 7) is 5.57. The molecule has 0 saturated carbocycles. The molecule has 39 nitrogen and oxygen atoms in total. The molecule has 0 radical (unpaired) electrons. The van der Waals surface area contributed by atoms with E-state index < -0.39 is 231 Å². The number of ether oxygens (including phenoxy) is 4. The van der Waals surface area contributed by atoms with Crippen molar-refractivity contribution in [2.24, 2.45) is 28.7 Å². The zero-order valence-corrected chi connectivity index (χ0v) is 52.5. The third-order valence-corrected chi connectivity index (χ3v) is 14.6. The Morgan fingerprint density at radius 1 is 0.516 bits per heavy atom. The number of carbonyl (C=O) groups is 14. The molecular formula is C54H93N15O24. The molecule has 26 N–H and O–H groups in total. The van der Waals surface area contributed by atoms with E-state index in [1.165, 1.54) is 27.7 Å². The quantitative estimate of drug-likeness (QED) is 0.0253. The highest BCUT2D eigenvalue weighted by Crippen LogP contribution is 2.31. The van der Waals surface area contributed by atoms with Crippen LogP contribution < -0.4 is 81.8 Å². The molecule has 2 aliphatic heterocycles. The van der Waals surface area contributed by atoms with Gasteiger partial charge in [-0.15, -0.1) is 0 Å². The summed E-state index contributed by atoms with van der Waals surface area (Å²) < 4.78 is 23.2. The van der Waals surface area contributed by atoms with E-state index in [9.17, 15) is 97.8 Å². The van der Waals surface area contributed by atoms with Gasteiger partial charge in [0.15, 0.2) is 12.6 Å². The fourth-order valence-corrected chi connectivity index (χ4v) is 9.35. The van der Waals surface area contributed by atoms with E-state index in [0.717, 1.165) is 13.8 Å². The zero-order chi connectivity index (χ0) is 70.6. The van der Waals surface area contributed by atoms with Crippen LogP contribution in [0.1, 0.15) is 112 Å². The van der Waals surface area contributed by atoms with E-state index >= 15 is 0 Å². The van der Waals surface area contributed by atoms with Gasteiger partial charge in [-0.25, -0.2) is 4.79 Å². The van der Waals surface area contributed by atoms with Crippen LogP contribution in [-0.4, -0.2) is 255 Å². The Balaban J connectivity index is 1.98. The van der Waals surface area contributed by atoms with Crippen LogP contribution in [0.25, 0.3) is 0 Å². The predicted molar refractivity (Wildman–Crippen MR) is 317 cm³/mol. The number of rotatable bonds is 41. The number of aliphatic carboxylic acids is 1. The molecule has 13 amide bonds. The van der Waals surface area contributed by atoms with E-state index in [4.69, 9.17) is 47.6 Å². The summed E-state index contributed by atoms with van der Waals surface area (Å²) in [5.74, 6) is -12.9. The van der Waals surface area contributed by atoms with Gasteiger partial charge >= 0.3 is 5.97 Å². The molecular weight excluding hydrogens is 1240 g/mol. The summed E-state index contributed by atoms with van der Waals surface area (Å²) in [7, 11) is 0. The van der Waals surface area contributed by atoms with Crippen LogP contribution in [0, 0.1) is 0 Å². The first-order valence-electron chi connectivity index (χ1n) is 29.9. The monoisotopic (exact) mass is 1340 g/mol. The van der Waals surface area contributed by atoms with E-state index in [1.807, 2.05) is 0 Å². The van der Waals surface area contributed by atoms with Gasteiger partial charge < -0.3 is 131 Å². The van der Waals surface area contributed by atoms with Gasteiger partial charge in [-0.2, -0.15) is 0 Å². The van der Waals surface area contributed by atoms with Crippen molar-refractivity contribution < 1.29 is 117 Å². The van der Waals surface area contributed by atoms with Crippen molar-refractivity contribution in [1.29, 1.82) is 0 Å². The lowest BCUT2D eigenvalue weighted by atomic mass is 9.94. The number of carbonyl (C=O) groups excluding carboxylic acids is 13. The van der Waals surface area contributed by atoms with Crippen LogP contribution in [-0.2, 0) is 86.1 Å². The van der Waals surface area contributed by atoms with E-state index in [2.05, 4.69) is 53.2 Å². The molecule has 0 aromatic carbocycles. The normalized spacial score (nSPS) is 23.9. The van der Waals surface area contributed by atoms with Crippen molar-refractivity contribution in [3.8, 4) is 0 Å². The molecule has 2 fully saturated rings. The minimum absolute atomic E-state index is 0.0767. The first kappa shape index (κ1) is 81.2. The maximum Gasteiger partial charge on any atom is 0.326 e. The average Bonchev–Trinajstić information content (AvgIpc) is 0.781. The molecule has 0 spiro atoms. The molecule has 93 heavy (non-hydrogen) atoms. The highest BCUT2D eigenvalue weighted by molar-refractivity contribution is 5.96. The SMILES string of the molecule is CC(=O)NC1C(OC2C(CO)OC(O)C(NC(C)=O)C2OC(C)C(=O)NC(C)C(=O)NC(CCC(=O)NC(CCCCNC(=O)CC(NC(=O)C(C)NC(=O)C(CCCCN)NC(=O)CCC(NC(=O)C(C)N)C(N)=O)C(N)=O)C(=O)O)C(N)=O)OC(CO)C(O)C1O. The van der Waals surface area contributed by atoms with Crippen LogP contribution in [0.4, 0.5) is 0 Å². The standard InChI is InChI=1S/C54H93N15O24/c1-22(56)47(82)67-28(44(57)79)13-15-35(74)65-30(11-7-9-17-55)51(86)62-24(3)49(84)69-32(46(59)81)19-37(76)60-18-10-8-12-31(52(87)88)66-36(75)16-14-29(45(58)80)68-48(83)23(2)61-50(85)25(4)90-43-39(64-27(6)73)53(89)91-34(21-71)42(43)93-54-38(63-26(5)72)41(78)40(77)33(20-70)92-54/h22-25,28-34,38-43,53-54,70-71,77-78,89H,7-21,55-56H2,1-6H3,(H2,57,79)(H2,58,80)(H2,59,81)(H,60,76)(H,61,85)(H,62,86)(H,63,72)(H,64,73)(H,65,74)(H,66,75)(H,67,82)(H,68,83)(H,69,84)(H,87,88). The molecule has 19 unspecified atom stereocenters. The fraction of sp³-hybridized carbons (Fsp3) is 0.741. The fourth-order valence-electron chi connectivity index (χ4n) is 9.35. The van der Waals surface area contributed by atoms with Gasteiger partial charge in [-0.1, -0.05) is 0 Å². The van der Waals surface area contributed by atoms with Gasteiger partial charge in [-0.3, -0.25) is 62.3 Å². The van der Waals surface area contributed by atoms with E-state index in [0.29, 0.717) is 12.8 Å². The smallest absolute Gasteiger partial charge is 0.326 e. The summed E-state index contributed by atoms with van der Waals surface area (Å²) in [6.07, 6.45) is -16.4. The lowest BCUT2D eigenvalue weighted by Gasteiger charge is -2.48. The minimum Gasteiger partial charge on any atom is -0.480 e. The van der Waals surface area contributed by atoms with Crippen LogP contribution in [0.15, 0.2) is 0 Å². The molecule has 2 rings (SSSR count). The van der Waals surface area contributed by atoms with Crippen molar-refractivity contribution in [2.45, 2.75) is 228 Å². The number of nitrogens with two attached hydrogens (primary N) is 5. The number of primary amides is 3. The molecule has 39 heteroatoms. The molecule has 0 aromatic rings. The molecule has 2 aliphatic rings. The van der Waals surface area contributed by atoms with Crippen molar-refractivity contribution in [1.82, 2.24) is 53.2 Å². The van der Waals surface area contributed by atoms with E-state index in [-0.39, 0.29) is 51.6 Å². The zero-order valence-electron chi connectivity index (χ0n) is 52.5. The first-order valence-corrected chi connectivity index (χ1v) is 29.9. The topological polar surface area (TPSA) is 648 Å². The Morgan fingerprint density at radius 3 is 1.49 bits per heavy atom. The number of aliphatic hydroxyl groups excluding tert-OH is 5. The van der Waals surface area contributed by atoms with Gasteiger partial charge in [0.25, 0.3) is 0 Å². The second kappa shape index (κ2) is 40.3. The largest absolute Gasteiger partial charge is 0.480 e. The van der Waals surface area contributed by atoms with Gasteiger partial charge in [0.1, 0.15) is 97.1 Å². The number of aliphatic hydroxyl groups is 5. The summed E-state index contributed by atoms with van der Waals surface area (Å²) >= 11 is 0. The number of carboxylic acid groups (broad SMARTS) is 1. The van der Waals surface area contributed by atoms with Gasteiger partial charge in [-0.05, 0) is 85.6 Å². The third-order valence-electron chi connectivity index (χ3n) is 14.6.